The highest BCUT2D eigenvalue weighted by Gasteiger charge is 2.07. The number of nitrogens with one attached hydrogen (secondary N) is 1. The second-order valence-electron chi connectivity index (χ2n) is 5.53. The van der Waals surface area contributed by atoms with Gasteiger partial charge in [0, 0.05) is 17.8 Å². The van der Waals surface area contributed by atoms with Crippen molar-refractivity contribution in [2.24, 2.45) is 5.92 Å². The molecular weight excluding hydrogens is 234 g/mol. The minimum absolute atomic E-state index is 0.674. The summed E-state index contributed by atoms with van der Waals surface area (Å²) in [6.07, 6.45) is 1.96. The number of hydrogen-bond donors (Lipinski definition) is 1. The fourth-order valence-electron chi connectivity index (χ4n) is 2.06. The molecular formula is C16H23N3. The van der Waals surface area contributed by atoms with E-state index in [2.05, 4.69) is 62.4 Å². The molecule has 1 N–H and O–H groups in total. The molecule has 0 radical (unpaired) electrons. The van der Waals surface area contributed by atoms with Gasteiger partial charge in [-0.2, -0.15) is 5.10 Å². The number of rotatable bonds is 5. The molecule has 0 amide bonds. The number of nitrogens with zero attached hydrogens (tertiary/aromatic N) is 2. The predicted molar refractivity (Wildman–Crippen MR) is 79.6 cm³/mol. The van der Waals surface area contributed by atoms with Gasteiger partial charge in [-0.05, 0) is 38.4 Å². The molecule has 0 saturated heterocycles. The molecule has 0 atom stereocenters. The van der Waals surface area contributed by atoms with E-state index < -0.39 is 0 Å². The first kappa shape index (κ1) is 13.8. The average molecular weight is 257 g/mol. The SMILES string of the molecule is Cc1ccc(-n2ncc(CNCC(C)C)c2C)cc1. The summed E-state index contributed by atoms with van der Waals surface area (Å²) < 4.78 is 2.01. The number of benzene rings is 1. The van der Waals surface area contributed by atoms with Crippen LogP contribution < -0.4 is 5.32 Å². The van der Waals surface area contributed by atoms with E-state index in [4.69, 9.17) is 0 Å². The molecule has 3 heteroatoms. The van der Waals surface area contributed by atoms with E-state index in [-0.39, 0.29) is 0 Å². The van der Waals surface area contributed by atoms with E-state index >= 15 is 0 Å². The standard InChI is InChI=1S/C16H23N3/c1-12(2)9-17-10-15-11-18-19(14(15)4)16-7-5-13(3)6-8-16/h5-8,11-12,17H,9-10H2,1-4H3. The van der Waals surface area contributed by atoms with E-state index in [0.29, 0.717) is 5.92 Å². The molecule has 0 bridgehead atoms. The summed E-state index contributed by atoms with van der Waals surface area (Å²) >= 11 is 0. The molecule has 102 valence electrons. The second kappa shape index (κ2) is 6.02. The van der Waals surface area contributed by atoms with Crippen LogP contribution in [0.4, 0.5) is 0 Å². The molecule has 0 fully saturated rings. The third-order valence-electron chi connectivity index (χ3n) is 3.26. The maximum absolute atomic E-state index is 4.49. The van der Waals surface area contributed by atoms with Gasteiger partial charge in [-0.25, -0.2) is 4.68 Å². The van der Waals surface area contributed by atoms with Crippen molar-refractivity contribution in [3.8, 4) is 5.69 Å². The van der Waals surface area contributed by atoms with Crippen molar-refractivity contribution < 1.29 is 0 Å². The van der Waals surface area contributed by atoms with Crippen LogP contribution in [0.15, 0.2) is 30.5 Å². The highest BCUT2D eigenvalue weighted by Crippen LogP contribution is 2.14. The number of aromatic nitrogens is 2. The van der Waals surface area contributed by atoms with Crippen LogP contribution in [0, 0.1) is 19.8 Å². The maximum atomic E-state index is 4.49. The van der Waals surface area contributed by atoms with Crippen LogP contribution in [0.2, 0.25) is 0 Å². The van der Waals surface area contributed by atoms with Crippen LogP contribution in [-0.2, 0) is 6.54 Å². The molecule has 0 saturated carbocycles. The van der Waals surface area contributed by atoms with Crippen molar-refractivity contribution in [2.75, 3.05) is 6.54 Å². The van der Waals surface area contributed by atoms with Gasteiger partial charge in [-0.1, -0.05) is 31.5 Å². The van der Waals surface area contributed by atoms with Gasteiger partial charge in [0.1, 0.15) is 0 Å². The third kappa shape index (κ3) is 3.44. The number of aryl methyl sites for hydroxylation is 1. The lowest BCUT2D eigenvalue weighted by molar-refractivity contribution is 0.551. The molecule has 0 aliphatic rings. The highest BCUT2D eigenvalue weighted by atomic mass is 15.3. The Bertz CT molecular complexity index is 523. The summed E-state index contributed by atoms with van der Waals surface area (Å²) in [5, 5.41) is 7.95. The molecule has 0 aliphatic carbocycles. The van der Waals surface area contributed by atoms with Crippen LogP contribution in [0.5, 0.6) is 0 Å². The van der Waals surface area contributed by atoms with Gasteiger partial charge in [0.25, 0.3) is 0 Å². The van der Waals surface area contributed by atoms with Crippen LogP contribution in [0.3, 0.4) is 0 Å². The predicted octanol–water partition coefficient (Wildman–Crippen LogP) is 3.23. The third-order valence-corrected chi connectivity index (χ3v) is 3.26. The Morgan fingerprint density at radius 1 is 1.16 bits per heavy atom. The van der Waals surface area contributed by atoms with Crippen LogP contribution in [-0.4, -0.2) is 16.3 Å². The van der Waals surface area contributed by atoms with Crippen molar-refractivity contribution in [2.45, 2.75) is 34.2 Å². The summed E-state index contributed by atoms with van der Waals surface area (Å²) in [5.41, 5.74) is 4.87. The first-order valence-corrected chi connectivity index (χ1v) is 6.89. The summed E-state index contributed by atoms with van der Waals surface area (Å²) in [6.45, 7) is 10.6. The summed E-state index contributed by atoms with van der Waals surface area (Å²) in [4.78, 5) is 0. The van der Waals surface area contributed by atoms with E-state index in [0.717, 1.165) is 18.8 Å². The van der Waals surface area contributed by atoms with Crippen molar-refractivity contribution in [3.63, 3.8) is 0 Å². The quantitative estimate of drug-likeness (QED) is 0.891. The Hall–Kier alpha value is -1.61. The van der Waals surface area contributed by atoms with E-state index in [9.17, 15) is 0 Å². The van der Waals surface area contributed by atoms with Gasteiger partial charge in [0.05, 0.1) is 11.9 Å². The van der Waals surface area contributed by atoms with Crippen LogP contribution in [0.1, 0.15) is 30.7 Å². The molecule has 1 heterocycles. The zero-order valence-electron chi connectivity index (χ0n) is 12.3. The van der Waals surface area contributed by atoms with E-state index in [1.54, 1.807) is 0 Å². The van der Waals surface area contributed by atoms with Gasteiger partial charge in [-0.15, -0.1) is 0 Å². The van der Waals surface area contributed by atoms with Crippen molar-refractivity contribution in [1.82, 2.24) is 15.1 Å². The van der Waals surface area contributed by atoms with Crippen molar-refractivity contribution in [1.29, 1.82) is 0 Å². The zero-order valence-corrected chi connectivity index (χ0v) is 12.3. The Morgan fingerprint density at radius 2 is 1.84 bits per heavy atom. The lowest BCUT2D eigenvalue weighted by Gasteiger charge is -2.08. The molecule has 3 nitrogen and oxygen atoms in total. The lowest BCUT2D eigenvalue weighted by Crippen LogP contribution is -2.19. The highest BCUT2D eigenvalue weighted by molar-refractivity contribution is 5.36. The second-order valence-corrected chi connectivity index (χ2v) is 5.53. The molecule has 1 aromatic heterocycles. The molecule has 2 rings (SSSR count). The molecule has 0 unspecified atom stereocenters. The fourth-order valence-corrected chi connectivity index (χ4v) is 2.06. The Labute approximate surface area is 115 Å². The smallest absolute Gasteiger partial charge is 0.0648 e. The molecule has 1 aromatic carbocycles. The Kier molecular flexibility index (Phi) is 4.38. The van der Waals surface area contributed by atoms with E-state index in [1.807, 2.05) is 10.9 Å². The van der Waals surface area contributed by atoms with Gasteiger partial charge in [0.2, 0.25) is 0 Å². The zero-order chi connectivity index (χ0) is 13.8. The van der Waals surface area contributed by atoms with Gasteiger partial charge in [-0.3, -0.25) is 0 Å². The molecule has 0 spiro atoms. The maximum Gasteiger partial charge on any atom is 0.0648 e. The largest absolute Gasteiger partial charge is 0.312 e. The van der Waals surface area contributed by atoms with Gasteiger partial charge >= 0.3 is 0 Å². The van der Waals surface area contributed by atoms with Gasteiger partial charge in [0.15, 0.2) is 0 Å². The van der Waals surface area contributed by atoms with Gasteiger partial charge < -0.3 is 5.32 Å². The fraction of sp³-hybridized carbons (Fsp3) is 0.438. The minimum atomic E-state index is 0.674. The molecule has 0 aliphatic heterocycles. The lowest BCUT2D eigenvalue weighted by atomic mass is 10.2. The topological polar surface area (TPSA) is 29.9 Å². The summed E-state index contributed by atoms with van der Waals surface area (Å²) in [5.74, 6) is 0.674. The van der Waals surface area contributed by atoms with Crippen molar-refractivity contribution >= 4 is 0 Å². The monoisotopic (exact) mass is 257 g/mol. The minimum Gasteiger partial charge on any atom is -0.312 e. The average Bonchev–Trinajstić information content (AvgIpc) is 2.72. The summed E-state index contributed by atoms with van der Waals surface area (Å²) in [6, 6.07) is 8.46. The molecule has 19 heavy (non-hydrogen) atoms. The first-order chi connectivity index (χ1) is 9.08. The van der Waals surface area contributed by atoms with Crippen molar-refractivity contribution in [3.05, 3.63) is 47.3 Å². The van der Waals surface area contributed by atoms with E-state index in [1.165, 1.54) is 16.8 Å². The Balaban J connectivity index is 2.11. The van der Waals surface area contributed by atoms with Crippen LogP contribution in [0.25, 0.3) is 5.69 Å². The Morgan fingerprint density at radius 3 is 2.47 bits per heavy atom. The first-order valence-electron chi connectivity index (χ1n) is 6.89. The van der Waals surface area contributed by atoms with Crippen LogP contribution >= 0.6 is 0 Å². The normalized spacial score (nSPS) is 11.2. The summed E-state index contributed by atoms with van der Waals surface area (Å²) in [7, 11) is 0. The molecule has 2 aromatic rings. The number of hydrogen-bond acceptors (Lipinski definition) is 2.